The van der Waals surface area contributed by atoms with Gasteiger partial charge in [0.25, 0.3) is 0 Å². The Kier molecular flexibility index (Phi) is 16.6. The molecule has 40 heavy (non-hydrogen) atoms. The molecular formula is C25H46N6O9. The lowest BCUT2D eigenvalue weighted by Crippen LogP contribution is -2.61. The molecule has 0 aliphatic rings. The van der Waals surface area contributed by atoms with E-state index in [0.29, 0.717) is 25.8 Å². The standard InChI is InChI=1S/C25H46N6O9/c1-12(2)10-15(27)21(35)31-20(14(5)32)24(38)28-16(8-6-7-9-26)22(36)30-19(13(3)4)23(37)29-17(25(39)40)11-18(33)34/h12-17,19-20,32H,6-11,26-27H2,1-5H3,(H,28,38)(H,29,37)(H,30,36)(H,31,35)(H,33,34)(H,39,40)/t14-,15+,16+,17+,19+,20+/m1/s1. The number of hydrogen-bond donors (Lipinski definition) is 9. The summed E-state index contributed by atoms with van der Waals surface area (Å²) in [6.45, 7) is 8.51. The topological polar surface area (TPSA) is 263 Å². The molecule has 15 nitrogen and oxygen atoms in total. The van der Waals surface area contributed by atoms with Crippen LogP contribution in [0.4, 0.5) is 0 Å². The molecule has 4 amide bonds. The summed E-state index contributed by atoms with van der Waals surface area (Å²) >= 11 is 0. The van der Waals surface area contributed by atoms with Crippen molar-refractivity contribution in [3.8, 4) is 0 Å². The molecule has 0 saturated carbocycles. The Balaban J connectivity index is 5.76. The molecule has 0 saturated heterocycles. The van der Waals surface area contributed by atoms with Crippen LogP contribution in [-0.4, -0.2) is 93.7 Å². The number of carbonyl (C=O) groups excluding carboxylic acids is 4. The van der Waals surface area contributed by atoms with E-state index >= 15 is 0 Å². The molecule has 0 radical (unpaired) electrons. The molecule has 0 aliphatic carbocycles. The summed E-state index contributed by atoms with van der Waals surface area (Å²) in [7, 11) is 0. The third-order valence-corrected chi connectivity index (χ3v) is 5.94. The average molecular weight is 575 g/mol. The molecule has 0 spiro atoms. The second-order valence-corrected chi connectivity index (χ2v) is 10.5. The van der Waals surface area contributed by atoms with Gasteiger partial charge in [-0.1, -0.05) is 27.7 Å². The van der Waals surface area contributed by atoms with E-state index < -0.39 is 84.2 Å². The second-order valence-electron chi connectivity index (χ2n) is 10.5. The Morgan fingerprint density at radius 2 is 1.25 bits per heavy atom. The van der Waals surface area contributed by atoms with Gasteiger partial charge in [0.2, 0.25) is 23.6 Å². The number of aliphatic carboxylic acids is 2. The summed E-state index contributed by atoms with van der Waals surface area (Å²) < 4.78 is 0. The number of aliphatic hydroxyl groups excluding tert-OH is 1. The Bertz CT molecular complexity index is 881. The maximum absolute atomic E-state index is 13.2. The minimum Gasteiger partial charge on any atom is -0.481 e. The predicted molar refractivity (Wildman–Crippen MR) is 144 cm³/mol. The van der Waals surface area contributed by atoms with Crippen LogP contribution in [-0.2, 0) is 28.8 Å². The van der Waals surface area contributed by atoms with Crippen molar-refractivity contribution >= 4 is 35.6 Å². The second kappa shape index (κ2) is 18.1. The Morgan fingerprint density at radius 1 is 0.725 bits per heavy atom. The molecular weight excluding hydrogens is 528 g/mol. The molecule has 0 fully saturated rings. The summed E-state index contributed by atoms with van der Waals surface area (Å²) in [4.78, 5) is 73.9. The number of hydrogen-bond acceptors (Lipinski definition) is 9. The number of unbranched alkanes of at least 4 members (excludes halogenated alkanes) is 1. The fourth-order valence-electron chi connectivity index (χ4n) is 3.73. The van der Waals surface area contributed by atoms with Crippen molar-refractivity contribution in [3.63, 3.8) is 0 Å². The van der Waals surface area contributed by atoms with Gasteiger partial charge in [0.05, 0.1) is 18.6 Å². The molecule has 0 bridgehead atoms. The lowest BCUT2D eigenvalue weighted by atomic mass is 10.0. The zero-order valence-electron chi connectivity index (χ0n) is 23.8. The normalized spacial score (nSPS) is 15.8. The first-order valence-electron chi connectivity index (χ1n) is 13.3. The minimum absolute atomic E-state index is 0.102. The SMILES string of the molecule is CC(C)C[C@H](N)C(=O)N[C@H](C(=O)N[C@@H](CCCCN)C(=O)N[C@H](C(=O)N[C@@H](CC(=O)O)C(=O)O)C(C)C)[C@@H](C)O. The highest BCUT2D eigenvalue weighted by Gasteiger charge is 2.34. The number of amides is 4. The van der Waals surface area contributed by atoms with Crippen LogP contribution >= 0.6 is 0 Å². The molecule has 0 aromatic carbocycles. The largest absolute Gasteiger partial charge is 0.481 e. The van der Waals surface area contributed by atoms with Gasteiger partial charge in [-0.25, -0.2) is 4.79 Å². The molecule has 0 heterocycles. The summed E-state index contributed by atoms with van der Waals surface area (Å²) in [6, 6.07) is -6.53. The molecule has 15 heteroatoms. The summed E-state index contributed by atoms with van der Waals surface area (Å²) in [5.74, 6) is -6.64. The van der Waals surface area contributed by atoms with Crippen molar-refractivity contribution < 1.29 is 44.1 Å². The van der Waals surface area contributed by atoms with Crippen molar-refractivity contribution in [2.45, 2.75) is 103 Å². The molecule has 6 atom stereocenters. The monoisotopic (exact) mass is 574 g/mol. The van der Waals surface area contributed by atoms with Crippen LogP contribution < -0.4 is 32.7 Å². The zero-order valence-corrected chi connectivity index (χ0v) is 23.8. The quantitative estimate of drug-likeness (QED) is 0.0763. The van der Waals surface area contributed by atoms with E-state index in [9.17, 15) is 39.0 Å². The average Bonchev–Trinajstić information content (AvgIpc) is 2.82. The van der Waals surface area contributed by atoms with Gasteiger partial charge in [0, 0.05) is 0 Å². The van der Waals surface area contributed by atoms with E-state index in [4.69, 9.17) is 16.6 Å². The number of carboxylic acid groups (broad SMARTS) is 2. The van der Waals surface area contributed by atoms with Crippen LogP contribution in [0.1, 0.15) is 66.7 Å². The zero-order chi connectivity index (χ0) is 31.2. The first kappa shape index (κ1) is 36.7. The maximum atomic E-state index is 13.2. The molecule has 11 N–H and O–H groups in total. The van der Waals surface area contributed by atoms with Crippen molar-refractivity contribution in [1.82, 2.24) is 21.3 Å². The van der Waals surface area contributed by atoms with Gasteiger partial charge < -0.3 is 48.1 Å². The highest BCUT2D eigenvalue weighted by Crippen LogP contribution is 2.09. The number of nitrogens with two attached hydrogens (primary N) is 2. The molecule has 0 aromatic heterocycles. The van der Waals surface area contributed by atoms with Crippen molar-refractivity contribution in [2.75, 3.05) is 6.54 Å². The fourth-order valence-corrected chi connectivity index (χ4v) is 3.73. The number of aliphatic hydroxyl groups is 1. The highest BCUT2D eigenvalue weighted by molar-refractivity contribution is 5.96. The van der Waals surface area contributed by atoms with E-state index in [2.05, 4.69) is 21.3 Å². The van der Waals surface area contributed by atoms with Crippen LogP contribution in [0.5, 0.6) is 0 Å². The fraction of sp³-hybridized carbons (Fsp3) is 0.760. The predicted octanol–water partition coefficient (Wildman–Crippen LogP) is -1.98. The van der Waals surface area contributed by atoms with E-state index in [1.807, 2.05) is 13.8 Å². The number of nitrogens with one attached hydrogen (secondary N) is 4. The molecule has 0 unspecified atom stereocenters. The van der Waals surface area contributed by atoms with Crippen LogP contribution in [0.15, 0.2) is 0 Å². The van der Waals surface area contributed by atoms with Crippen LogP contribution in [0.2, 0.25) is 0 Å². The van der Waals surface area contributed by atoms with Gasteiger partial charge in [0.15, 0.2) is 0 Å². The van der Waals surface area contributed by atoms with Gasteiger partial charge in [-0.05, 0) is 51.0 Å². The van der Waals surface area contributed by atoms with E-state index in [1.54, 1.807) is 13.8 Å². The van der Waals surface area contributed by atoms with E-state index in [0.717, 1.165) is 0 Å². The van der Waals surface area contributed by atoms with Crippen molar-refractivity contribution in [2.24, 2.45) is 23.3 Å². The summed E-state index contributed by atoms with van der Waals surface area (Å²) in [5, 5.41) is 37.8. The smallest absolute Gasteiger partial charge is 0.326 e. The first-order valence-corrected chi connectivity index (χ1v) is 13.3. The Labute approximate surface area is 234 Å². The van der Waals surface area contributed by atoms with Gasteiger partial charge in [-0.3, -0.25) is 24.0 Å². The van der Waals surface area contributed by atoms with Crippen LogP contribution in [0.25, 0.3) is 0 Å². The molecule has 0 rings (SSSR count). The van der Waals surface area contributed by atoms with E-state index in [1.165, 1.54) is 6.92 Å². The van der Waals surface area contributed by atoms with Crippen molar-refractivity contribution in [3.05, 3.63) is 0 Å². The number of carbonyl (C=O) groups is 6. The summed E-state index contributed by atoms with van der Waals surface area (Å²) in [5.41, 5.74) is 11.4. The molecule has 0 aliphatic heterocycles. The molecule has 230 valence electrons. The van der Waals surface area contributed by atoms with Crippen molar-refractivity contribution in [1.29, 1.82) is 0 Å². The number of carboxylic acids is 2. The first-order chi connectivity index (χ1) is 18.5. The number of rotatable bonds is 19. The third-order valence-electron chi connectivity index (χ3n) is 5.94. The third kappa shape index (κ3) is 13.7. The molecule has 0 aromatic rings. The Morgan fingerprint density at radius 3 is 1.70 bits per heavy atom. The van der Waals surface area contributed by atoms with Gasteiger partial charge in [0.1, 0.15) is 24.2 Å². The Hall–Kier alpha value is -3.30. The van der Waals surface area contributed by atoms with Crippen LogP contribution in [0, 0.1) is 11.8 Å². The lowest BCUT2D eigenvalue weighted by molar-refractivity contribution is -0.147. The van der Waals surface area contributed by atoms with Gasteiger partial charge in [-0.15, -0.1) is 0 Å². The van der Waals surface area contributed by atoms with E-state index in [-0.39, 0.29) is 12.3 Å². The highest BCUT2D eigenvalue weighted by atomic mass is 16.4. The summed E-state index contributed by atoms with van der Waals surface area (Å²) in [6.07, 6.45) is -0.824. The van der Waals surface area contributed by atoms with Gasteiger partial charge in [-0.2, -0.15) is 0 Å². The maximum Gasteiger partial charge on any atom is 0.326 e. The minimum atomic E-state index is -1.72. The van der Waals surface area contributed by atoms with Gasteiger partial charge >= 0.3 is 11.9 Å². The van der Waals surface area contributed by atoms with Crippen LogP contribution in [0.3, 0.4) is 0 Å². The lowest BCUT2D eigenvalue weighted by Gasteiger charge is -2.28.